The van der Waals surface area contributed by atoms with Gasteiger partial charge >= 0.3 is 0 Å². The molecule has 1 aliphatic rings. The number of aryl methyl sites for hydroxylation is 1. The maximum Gasteiger partial charge on any atom is 0.106 e. The first-order valence-corrected chi connectivity index (χ1v) is 7.90. The largest absolute Gasteiger partial charge is 0.389 e. The Morgan fingerprint density at radius 1 is 1.50 bits per heavy atom. The Balaban J connectivity index is 2.15. The number of para-hydroxylation sites is 1. The molecule has 1 aromatic rings. The van der Waals surface area contributed by atoms with Gasteiger partial charge in [0.15, 0.2) is 0 Å². The van der Waals surface area contributed by atoms with E-state index in [1.54, 1.807) is 0 Å². The van der Waals surface area contributed by atoms with Gasteiger partial charge in [0.05, 0.1) is 0 Å². The van der Waals surface area contributed by atoms with Crippen molar-refractivity contribution in [2.45, 2.75) is 30.9 Å². The molecule has 1 aliphatic carbocycles. The van der Waals surface area contributed by atoms with Crippen LogP contribution in [0.5, 0.6) is 0 Å². The van der Waals surface area contributed by atoms with Crippen LogP contribution < -0.4 is 11.1 Å². The summed E-state index contributed by atoms with van der Waals surface area (Å²) in [4.78, 5) is 0.466. The van der Waals surface area contributed by atoms with E-state index >= 15 is 0 Å². The third-order valence-electron chi connectivity index (χ3n) is 3.82. The van der Waals surface area contributed by atoms with Gasteiger partial charge in [0.1, 0.15) is 4.99 Å². The number of benzene rings is 1. The number of rotatable bonds is 5. The molecule has 0 heterocycles. The fourth-order valence-corrected chi connectivity index (χ4v) is 3.46. The van der Waals surface area contributed by atoms with Gasteiger partial charge in [-0.1, -0.05) is 30.8 Å². The first-order chi connectivity index (χ1) is 8.58. The van der Waals surface area contributed by atoms with E-state index in [0.717, 1.165) is 17.8 Å². The lowest BCUT2D eigenvalue weighted by Crippen LogP contribution is -2.40. The molecule has 0 amide bonds. The highest BCUT2D eigenvalue weighted by atomic mass is 32.2. The second kappa shape index (κ2) is 5.49. The predicted molar refractivity (Wildman–Crippen MR) is 85.7 cm³/mol. The zero-order valence-electron chi connectivity index (χ0n) is 11.0. The molecule has 2 nitrogen and oxygen atoms in total. The Morgan fingerprint density at radius 2 is 2.22 bits per heavy atom. The number of anilines is 1. The molecule has 0 bridgehead atoms. The molecular weight excluding hydrogens is 260 g/mol. The predicted octanol–water partition coefficient (Wildman–Crippen LogP) is 3.33. The average molecular weight is 280 g/mol. The summed E-state index contributed by atoms with van der Waals surface area (Å²) in [5.41, 5.74) is 9.05. The molecule has 0 radical (unpaired) electrons. The van der Waals surface area contributed by atoms with Crippen molar-refractivity contribution >= 4 is 34.7 Å². The standard InChI is InChI=1S/C14H20N2S2/c1-10-5-3-6-11(13(15)17)12(10)16-9-14(18-2)7-4-8-14/h3,5-6,16H,4,7-9H2,1-2H3,(H2,15,17). The van der Waals surface area contributed by atoms with Crippen LogP contribution in [0, 0.1) is 6.92 Å². The number of hydrogen-bond acceptors (Lipinski definition) is 3. The van der Waals surface area contributed by atoms with Crippen LogP contribution in [-0.4, -0.2) is 22.5 Å². The minimum absolute atomic E-state index is 0.412. The number of thioether (sulfide) groups is 1. The van der Waals surface area contributed by atoms with E-state index in [0.29, 0.717) is 9.74 Å². The maximum atomic E-state index is 5.79. The van der Waals surface area contributed by atoms with Gasteiger partial charge in [-0.3, -0.25) is 0 Å². The lowest BCUT2D eigenvalue weighted by atomic mass is 9.84. The molecule has 18 heavy (non-hydrogen) atoms. The van der Waals surface area contributed by atoms with Crippen LogP contribution in [0.25, 0.3) is 0 Å². The van der Waals surface area contributed by atoms with Gasteiger partial charge in [-0.2, -0.15) is 11.8 Å². The smallest absolute Gasteiger partial charge is 0.106 e. The van der Waals surface area contributed by atoms with Crippen molar-refractivity contribution in [2.75, 3.05) is 18.1 Å². The van der Waals surface area contributed by atoms with E-state index in [1.807, 2.05) is 23.9 Å². The van der Waals surface area contributed by atoms with E-state index in [2.05, 4.69) is 24.6 Å². The third kappa shape index (κ3) is 2.64. The molecule has 0 atom stereocenters. The Kier molecular flexibility index (Phi) is 4.17. The fourth-order valence-electron chi connectivity index (χ4n) is 2.38. The zero-order valence-corrected chi connectivity index (χ0v) is 12.6. The van der Waals surface area contributed by atoms with Crippen molar-refractivity contribution in [3.63, 3.8) is 0 Å². The highest BCUT2D eigenvalue weighted by Gasteiger charge is 2.36. The summed E-state index contributed by atoms with van der Waals surface area (Å²) in [6.07, 6.45) is 6.15. The zero-order chi connectivity index (χ0) is 13.2. The summed E-state index contributed by atoms with van der Waals surface area (Å²) in [5, 5.41) is 3.57. The van der Waals surface area contributed by atoms with Crippen LogP contribution in [0.2, 0.25) is 0 Å². The third-order valence-corrected chi connectivity index (χ3v) is 5.46. The normalized spacial score (nSPS) is 17.0. The topological polar surface area (TPSA) is 38.0 Å². The van der Waals surface area contributed by atoms with Crippen LogP contribution in [0.15, 0.2) is 18.2 Å². The molecule has 0 aliphatic heterocycles. The first kappa shape index (κ1) is 13.7. The summed E-state index contributed by atoms with van der Waals surface area (Å²) < 4.78 is 0.412. The van der Waals surface area contributed by atoms with Crippen molar-refractivity contribution in [2.24, 2.45) is 5.73 Å². The van der Waals surface area contributed by atoms with Gasteiger partial charge in [-0.05, 0) is 37.7 Å². The molecule has 0 saturated heterocycles. The molecule has 0 unspecified atom stereocenters. The van der Waals surface area contributed by atoms with Gasteiger partial charge in [0, 0.05) is 22.5 Å². The van der Waals surface area contributed by atoms with Gasteiger partial charge in [-0.25, -0.2) is 0 Å². The molecule has 98 valence electrons. The summed E-state index contributed by atoms with van der Waals surface area (Å²) in [5.74, 6) is 0. The van der Waals surface area contributed by atoms with E-state index in [-0.39, 0.29) is 0 Å². The van der Waals surface area contributed by atoms with Crippen molar-refractivity contribution in [1.29, 1.82) is 0 Å². The van der Waals surface area contributed by atoms with Crippen molar-refractivity contribution in [3.8, 4) is 0 Å². The highest BCUT2D eigenvalue weighted by molar-refractivity contribution is 8.00. The van der Waals surface area contributed by atoms with Crippen molar-refractivity contribution in [1.82, 2.24) is 0 Å². The Hall–Kier alpha value is -0.740. The van der Waals surface area contributed by atoms with Gasteiger partial charge < -0.3 is 11.1 Å². The Bertz CT molecular complexity index is 448. The van der Waals surface area contributed by atoms with Gasteiger partial charge in [-0.15, -0.1) is 0 Å². The maximum absolute atomic E-state index is 5.79. The minimum Gasteiger partial charge on any atom is -0.389 e. The van der Waals surface area contributed by atoms with Crippen LogP contribution in [-0.2, 0) is 0 Å². The number of nitrogens with one attached hydrogen (secondary N) is 1. The number of hydrogen-bond donors (Lipinski definition) is 2. The molecule has 1 fully saturated rings. The van der Waals surface area contributed by atoms with Crippen LogP contribution in [0.4, 0.5) is 5.69 Å². The van der Waals surface area contributed by atoms with Crippen LogP contribution in [0.1, 0.15) is 30.4 Å². The van der Waals surface area contributed by atoms with E-state index in [9.17, 15) is 0 Å². The van der Waals surface area contributed by atoms with E-state index in [1.165, 1.54) is 24.8 Å². The lowest BCUT2D eigenvalue weighted by Gasteiger charge is -2.41. The van der Waals surface area contributed by atoms with Gasteiger partial charge in [0.2, 0.25) is 0 Å². The number of nitrogens with two attached hydrogens (primary N) is 1. The second-order valence-electron chi connectivity index (χ2n) is 4.96. The van der Waals surface area contributed by atoms with Crippen molar-refractivity contribution in [3.05, 3.63) is 29.3 Å². The van der Waals surface area contributed by atoms with Crippen molar-refractivity contribution < 1.29 is 0 Å². The van der Waals surface area contributed by atoms with Gasteiger partial charge in [0.25, 0.3) is 0 Å². The summed E-state index contributed by atoms with van der Waals surface area (Å²) in [7, 11) is 0. The lowest BCUT2D eigenvalue weighted by molar-refractivity contribution is 0.380. The molecule has 0 spiro atoms. The molecule has 0 aromatic heterocycles. The first-order valence-electron chi connectivity index (χ1n) is 6.26. The average Bonchev–Trinajstić information content (AvgIpc) is 2.29. The summed E-state index contributed by atoms with van der Waals surface area (Å²) in [6.45, 7) is 3.09. The fraction of sp³-hybridized carbons (Fsp3) is 0.500. The molecule has 1 saturated carbocycles. The minimum atomic E-state index is 0.412. The highest BCUT2D eigenvalue weighted by Crippen LogP contribution is 2.43. The molecule has 4 heteroatoms. The van der Waals surface area contributed by atoms with E-state index in [4.69, 9.17) is 18.0 Å². The second-order valence-corrected chi connectivity index (χ2v) is 6.67. The summed E-state index contributed by atoms with van der Waals surface area (Å²) >= 11 is 7.09. The molecule has 1 aromatic carbocycles. The van der Waals surface area contributed by atoms with E-state index < -0.39 is 0 Å². The monoisotopic (exact) mass is 280 g/mol. The van der Waals surface area contributed by atoms with Crippen LogP contribution in [0.3, 0.4) is 0 Å². The SMILES string of the molecule is CSC1(CNc2c(C)cccc2C(N)=S)CCC1. The molecule has 2 rings (SSSR count). The van der Waals surface area contributed by atoms with Crippen LogP contribution >= 0.6 is 24.0 Å². The Morgan fingerprint density at radius 3 is 2.72 bits per heavy atom. The summed E-state index contributed by atoms with van der Waals surface area (Å²) in [6, 6.07) is 6.09. The molecular formula is C14H20N2S2. The molecule has 3 N–H and O–H groups in total. The quantitative estimate of drug-likeness (QED) is 0.811. The Labute approximate surface area is 119 Å². The number of thiocarbonyl (C=S) groups is 1.